The highest BCUT2D eigenvalue weighted by Crippen LogP contribution is 2.25. The number of rotatable bonds is 7. The first-order valence-corrected chi connectivity index (χ1v) is 9.11. The normalized spacial score (nSPS) is 11.0. The molecule has 2 amide bonds. The van der Waals surface area contributed by atoms with E-state index in [0.29, 0.717) is 12.3 Å². The van der Waals surface area contributed by atoms with Crippen LogP contribution in [0, 0.1) is 12.3 Å². The lowest BCUT2D eigenvalue weighted by Gasteiger charge is -2.24. The molecule has 0 atom stereocenters. The zero-order valence-electron chi connectivity index (χ0n) is 16.7. The molecule has 2 N–H and O–H groups in total. The fourth-order valence-electron chi connectivity index (χ4n) is 2.82. The summed E-state index contributed by atoms with van der Waals surface area (Å²) in [6.07, 6.45) is 0.803. The Kier molecular flexibility index (Phi) is 6.61. The molecule has 0 unspecified atom stereocenters. The molecule has 2 rings (SSSR count). The molecule has 0 fully saturated rings. The van der Waals surface area contributed by atoms with Crippen LogP contribution in [0.25, 0.3) is 0 Å². The van der Waals surface area contributed by atoms with Gasteiger partial charge in [-0.2, -0.15) is 0 Å². The third-order valence-corrected chi connectivity index (χ3v) is 4.75. The van der Waals surface area contributed by atoms with Gasteiger partial charge in [0.15, 0.2) is 0 Å². The Balaban J connectivity index is 2.10. The number of amides is 2. The van der Waals surface area contributed by atoms with Crippen LogP contribution in [0.15, 0.2) is 42.5 Å². The molecule has 2 aromatic rings. The summed E-state index contributed by atoms with van der Waals surface area (Å²) in [6.45, 7) is 7.54. The third-order valence-electron chi connectivity index (χ3n) is 4.75. The number of nitrogens with one attached hydrogen (secondary N) is 2. The highest BCUT2D eigenvalue weighted by molar-refractivity contribution is 6.10. The van der Waals surface area contributed by atoms with E-state index in [1.807, 2.05) is 56.3 Å². The van der Waals surface area contributed by atoms with Crippen LogP contribution < -0.4 is 15.4 Å². The average Bonchev–Trinajstić information content (AvgIpc) is 2.67. The van der Waals surface area contributed by atoms with E-state index < -0.39 is 5.41 Å². The molecule has 0 aromatic heterocycles. The van der Waals surface area contributed by atoms with Gasteiger partial charge in [-0.3, -0.25) is 9.59 Å². The molecule has 0 radical (unpaired) electrons. The van der Waals surface area contributed by atoms with Gasteiger partial charge < -0.3 is 15.4 Å². The van der Waals surface area contributed by atoms with E-state index in [2.05, 4.69) is 10.6 Å². The fourth-order valence-corrected chi connectivity index (χ4v) is 2.82. The van der Waals surface area contributed by atoms with Crippen molar-refractivity contribution in [2.24, 2.45) is 5.41 Å². The minimum atomic E-state index is -1.21. The largest absolute Gasteiger partial charge is 0.496 e. The topological polar surface area (TPSA) is 67.4 Å². The molecule has 27 heavy (non-hydrogen) atoms. The van der Waals surface area contributed by atoms with Crippen LogP contribution >= 0.6 is 0 Å². The number of hydrogen-bond acceptors (Lipinski definition) is 3. The third kappa shape index (κ3) is 4.67. The standard InChI is InChI=1S/C22H28N2O3/c1-6-16-12-9-10-15(2)19(16)24-21(26)22(3,4)20(25)23-14-17-11-7-8-13-18(17)27-5/h7-13H,6,14H2,1-5H3,(H,23,25)(H,24,26). The summed E-state index contributed by atoms with van der Waals surface area (Å²) in [4.78, 5) is 25.5. The number of aryl methyl sites for hydroxylation is 2. The summed E-state index contributed by atoms with van der Waals surface area (Å²) >= 11 is 0. The zero-order valence-corrected chi connectivity index (χ0v) is 16.7. The second-order valence-electron chi connectivity index (χ2n) is 7.04. The van der Waals surface area contributed by atoms with Crippen molar-refractivity contribution in [3.8, 4) is 5.75 Å². The second-order valence-corrected chi connectivity index (χ2v) is 7.04. The van der Waals surface area contributed by atoms with Gasteiger partial charge in [-0.15, -0.1) is 0 Å². The molecule has 0 saturated heterocycles. The van der Waals surface area contributed by atoms with Crippen molar-refractivity contribution in [3.63, 3.8) is 0 Å². The predicted molar refractivity (Wildman–Crippen MR) is 108 cm³/mol. The smallest absolute Gasteiger partial charge is 0.239 e. The first-order chi connectivity index (χ1) is 12.8. The molecule has 5 nitrogen and oxygen atoms in total. The fraction of sp³-hybridized carbons (Fsp3) is 0.364. The predicted octanol–water partition coefficient (Wildman–Crippen LogP) is 3.85. The van der Waals surface area contributed by atoms with Gasteiger partial charge in [0.25, 0.3) is 0 Å². The summed E-state index contributed by atoms with van der Waals surface area (Å²) in [7, 11) is 1.59. The monoisotopic (exact) mass is 368 g/mol. The Labute approximate surface area is 161 Å². The molecule has 2 aromatic carbocycles. The Morgan fingerprint density at radius 2 is 1.67 bits per heavy atom. The van der Waals surface area contributed by atoms with E-state index in [1.54, 1.807) is 21.0 Å². The van der Waals surface area contributed by atoms with Crippen LogP contribution in [0.5, 0.6) is 5.75 Å². The summed E-state index contributed by atoms with van der Waals surface area (Å²) < 4.78 is 5.30. The minimum Gasteiger partial charge on any atom is -0.496 e. The van der Waals surface area contributed by atoms with E-state index in [4.69, 9.17) is 4.74 Å². The molecule has 0 aliphatic heterocycles. The highest BCUT2D eigenvalue weighted by Gasteiger charge is 2.36. The maximum absolute atomic E-state index is 12.8. The molecule has 0 aliphatic carbocycles. The van der Waals surface area contributed by atoms with Crippen LogP contribution in [-0.4, -0.2) is 18.9 Å². The van der Waals surface area contributed by atoms with Crippen LogP contribution in [-0.2, 0) is 22.6 Å². The molecule has 0 heterocycles. The molecule has 0 saturated carbocycles. The lowest BCUT2D eigenvalue weighted by Crippen LogP contribution is -2.45. The Bertz CT molecular complexity index is 828. The van der Waals surface area contributed by atoms with Gasteiger partial charge in [-0.1, -0.05) is 43.3 Å². The lowest BCUT2D eigenvalue weighted by atomic mass is 9.90. The van der Waals surface area contributed by atoms with E-state index in [-0.39, 0.29) is 11.8 Å². The van der Waals surface area contributed by atoms with E-state index in [1.165, 1.54) is 0 Å². The summed E-state index contributed by atoms with van der Waals surface area (Å²) in [5.74, 6) is 0.0362. The van der Waals surface area contributed by atoms with Gasteiger partial charge in [-0.05, 0) is 44.4 Å². The highest BCUT2D eigenvalue weighted by atomic mass is 16.5. The number of methoxy groups -OCH3 is 1. The first-order valence-electron chi connectivity index (χ1n) is 9.11. The van der Waals surface area contributed by atoms with Crippen molar-refractivity contribution < 1.29 is 14.3 Å². The van der Waals surface area contributed by atoms with E-state index in [9.17, 15) is 9.59 Å². The number of carbonyl (C=O) groups excluding carboxylic acids is 2. The molecule has 0 aliphatic rings. The van der Waals surface area contributed by atoms with Crippen LogP contribution in [0.2, 0.25) is 0 Å². The van der Waals surface area contributed by atoms with Crippen molar-refractivity contribution in [1.82, 2.24) is 5.32 Å². The number of hydrogen-bond donors (Lipinski definition) is 2. The van der Waals surface area contributed by atoms with E-state index >= 15 is 0 Å². The van der Waals surface area contributed by atoms with Crippen LogP contribution in [0.1, 0.15) is 37.5 Å². The molecule has 5 heteroatoms. The average molecular weight is 368 g/mol. The minimum absolute atomic E-state index is 0.296. The van der Waals surface area contributed by atoms with Crippen molar-refractivity contribution in [3.05, 3.63) is 59.2 Å². The van der Waals surface area contributed by atoms with Crippen molar-refractivity contribution >= 4 is 17.5 Å². The van der Waals surface area contributed by atoms with Gasteiger partial charge in [-0.25, -0.2) is 0 Å². The number of anilines is 1. The Hall–Kier alpha value is -2.82. The maximum Gasteiger partial charge on any atom is 0.239 e. The van der Waals surface area contributed by atoms with Gasteiger partial charge in [0, 0.05) is 17.8 Å². The molecule has 0 spiro atoms. The summed E-state index contributed by atoms with van der Waals surface area (Å²) in [6, 6.07) is 13.4. The Morgan fingerprint density at radius 3 is 2.33 bits per heavy atom. The van der Waals surface area contributed by atoms with Gasteiger partial charge in [0.1, 0.15) is 11.2 Å². The lowest BCUT2D eigenvalue weighted by molar-refractivity contribution is -0.138. The van der Waals surface area contributed by atoms with Crippen LogP contribution in [0.4, 0.5) is 5.69 Å². The number of carbonyl (C=O) groups is 2. The van der Waals surface area contributed by atoms with Gasteiger partial charge in [0.2, 0.25) is 11.8 Å². The van der Waals surface area contributed by atoms with E-state index in [0.717, 1.165) is 28.8 Å². The quantitative estimate of drug-likeness (QED) is 0.730. The molecule has 144 valence electrons. The zero-order chi connectivity index (χ0) is 20.0. The summed E-state index contributed by atoms with van der Waals surface area (Å²) in [5, 5.41) is 5.79. The SMILES string of the molecule is CCc1cccc(C)c1NC(=O)C(C)(C)C(=O)NCc1ccccc1OC. The number of benzene rings is 2. The first kappa shape index (κ1) is 20.5. The molecular formula is C22H28N2O3. The van der Waals surface area contributed by atoms with Gasteiger partial charge >= 0.3 is 0 Å². The van der Waals surface area contributed by atoms with Crippen LogP contribution in [0.3, 0.4) is 0 Å². The van der Waals surface area contributed by atoms with Gasteiger partial charge in [0.05, 0.1) is 7.11 Å². The Morgan fingerprint density at radius 1 is 1.00 bits per heavy atom. The second kappa shape index (κ2) is 8.71. The molecular weight excluding hydrogens is 340 g/mol. The van der Waals surface area contributed by atoms with Crippen molar-refractivity contribution in [2.45, 2.75) is 40.7 Å². The maximum atomic E-state index is 12.8. The number of ether oxygens (including phenoxy) is 1. The van der Waals surface area contributed by atoms with Crippen molar-refractivity contribution in [1.29, 1.82) is 0 Å². The number of para-hydroxylation sites is 2. The van der Waals surface area contributed by atoms with Crippen molar-refractivity contribution in [2.75, 3.05) is 12.4 Å². The summed E-state index contributed by atoms with van der Waals surface area (Å²) in [5.41, 5.74) is 2.46. The molecule has 0 bridgehead atoms.